The van der Waals surface area contributed by atoms with Gasteiger partial charge in [-0.25, -0.2) is 0 Å². The highest BCUT2D eigenvalue weighted by molar-refractivity contribution is 5.94. The average molecular weight is 220 g/mol. The second-order valence-corrected chi connectivity index (χ2v) is 4.40. The van der Waals surface area contributed by atoms with Crippen molar-refractivity contribution in [2.75, 3.05) is 13.1 Å². The lowest BCUT2D eigenvalue weighted by Gasteiger charge is -2.15. The molecule has 86 valence electrons. The third kappa shape index (κ3) is 2.02. The molecule has 0 spiro atoms. The van der Waals surface area contributed by atoms with Crippen LogP contribution in [0, 0.1) is 5.92 Å². The van der Waals surface area contributed by atoms with E-state index in [1.54, 1.807) is 17.0 Å². The Morgan fingerprint density at radius 2 is 2.00 bits per heavy atom. The SMILES string of the molecule is CC1CN(C(=O)c2ccc(O)cc2)CC1N. The molecule has 1 aromatic rings. The molecule has 0 radical (unpaired) electrons. The molecule has 0 aromatic heterocycles. The molecular weight excluding hydrogens is 204 g/mol. The molecule has 0 saturated carbocycles. The monoisotopic (exact) mass is 220 g/mol. The number of rotatable bonds is 1. The summed E-state index contributed by atoms with van der Waals surface area (Å²) in [6.45, 7) is 3.37. The summed E-state index contributed by atoms with van der Waals surface area (Å²) in [7, 11) is 0. The van der Waals surface area contributed by atoms with Crippen LogP contribution in [-0.2, 0) is 0 Å². The standard InChI is InChI=1S/C12H16N2O2/c1-8-6-14(7-11(8)13)12(16)9-2-4-10(15)5-3-9/h2-5,8,11,15H,6-7,13H2,1H3. The Balaban J connectivity index is 2.11. The Hall–Kier alpha value is -1.55. The number of likely N-dealkylation sites (tertiary alicyclic amines) is 1. The number of carbonyl (C=O) groups excluding carboxylic acids is 1. The van der Waals surface area contributed by atoms with E-state index in [-0.39, 0.29) is 17.7 Å². The molecule has 1 fully saturated rings. The van der Waals surface area contributed by atoms with Crippen LogP contribution in [0.5, 0.6) is 5.75 Å². The van der Waals surface area contributed by atoms with E-state index >= 15 is 0 Å². The van der Waals surface area contributed by atoms with Gasteiger partial charge in [0.05, 0.1) is 0 Å². The summed E-state index contributed by atoms with van der Waals surface area (Å²) in [4.78, 5) is 13.8. The van der Waals surface area contributed by atoms with Gasteiger partial charge < -0.3 is 15.7 Å². The van der Waals surface area contributed by atoms with Crippen LogP contribution >= 0.6 is 0 Å². The van der Waals surface area contributed by atoms with Gasteiger partial charge in [-0.2, -0.15) is 0 Å². The van der Waals surface area contributed by atoms with E-state index in [4.69, 9.17) is 10.8 Å². The number of phenols is 1. The Morgan fingerprint density at radius 3 is 2.50 bits per heavy atom. The topological polar surface area (TPSA) is 66.6 Å². The van der Waals surface area contributed by atoms with E-state index in [0.717, 1.165) is 0 Å². The molecule has 1 amide bonds. The molecule has 1 heterocycles. The minimum absolute atomic E-state index is 0.0141. The molecule has 4 heteroatoms. The van der Waals surface area contributed by atoms with Gasteiger partial charge in [0, 0.05) is 24.7 Å². The van der Waals surface area contributed by atoms with Crippen LogP contribution in [0.1, 0.15) is 17.3 Å². The van der Waals surface area contributed by atoms with Crippen LogP contribution in [0.3, 0.4) is 0 Å². The molecular formula is C12H16N2O2. The van der Waals surface area contributed by atoms with Crippen molar-refractivity contribution in [3.63, 3.8) is 0 Å². The molecule has 1 aliphatic heterocycles. The van der Waals surface area contributed by atoms with Crippen molar-refractivity contribution in [2.45, 2.75) is 13.0 Å². The maximum absolute atomic E-state index is 12.0. The van der Waals surface area contributed by atoms with Crippen molar-refractivity contribution in [2.24, 2.45) is 11.7 Å². The summed E-state index contributed by atoms with van der Waals surface area (Å²) in [6, 6.07) is 6.37. The first-order chi connectivity index (χ1) is 7.58. The van der Waals surface area contributed by atoms with E-state index in [9.17, 15) is 4.79 Å². The van der Waals surface area contributed by atoms with E-state index < -0.39 is 0 Å². The predicted octanol–water partition coefficient (Wildman–Crippen LogP) is 0.811. The number of hydrogen-bond acceptors (Lipinski definition) is 3. The largest absolute Gasteiger partial charge is 0.508 e. The molecule has 1 saturated heterocycles. The molecule has 2 unspecified atom stereocenters. The first-order valence-corrected chi connectivity index (χ1v) is 5.42. The first-order valence-electron chi connectivity index (χ1n) is 5.42. The highest BCUT2D eigenvalue weighted by Gasteiger charge is 2.30. The van der Waals surface area contributed by atoms with Crippen LogP contribution in [0.15, 0.2) is 24.3 Å². The zero-order chi connectivity index (χ0) is 11.7. The second-order valence-electron chi connectivity index (χ2n) is 4.40. The minimum atomic E-state index is -0.0141. The maximum atomic E-state index is 12.0. The van der Waals surface area contributed by atoms with Crippen molar-refractivity contribution in [1.29, 1.82) is 0 Å². The number of benzene rings is 1. The third-order valence-electron chi connectivity index (χ3n) is 3.07. The molecule has 1 aromatic carbocycles. The number of aromatic hydroxyl groups is 1. The lowest BCUT2D eigenvalue weighted by Crippen LogP contribution is -2.32. The fourth-order valence-corrected chi connectivity index (χ4v) is 1.94. The Kier molecular flexibility index (Phi) is 2.83. The van der Waals surface area contributed by atoms with Crippen LogP contribution in [0.2, 0.25) is 0 Å². The van der Waals surface area contributed by atoms with Gasteiger partial charge >= 0.3 is 0 Å². The number of nitrogens with two attached hydrogens (primary N) is 1. The normalized spacial score (nSPS) is 24.8. The van der Waals surface area contributed by atoms with Gasteiger partial charge in [-0.1, -0.05) is 6.92 Å². The van der Waals surface area contributed by atoms with E-state index in [1.165, 1.54) is 12.1 Å². The molecule has 16 heavy (non-hydrogen) atoms. The van der Waals surface area contributed by atoms with Crippen molar-refractivity contribution < 1.29 is 9.90 Å². The molecule has 4 nitrogen and oxygen atoms in total. The van der Waals surface area contributed by atoms with E-state index in [2.05, 4.69) is 6.92 Å². The first kappa shape index (κ1) is 11.0. The number of hydrogen-bond donors (Lipinski definition) is 2. The Labute approximate surface area is 94.7 Å². The highest BCUT2D eigenvalue weighted by atomic mass is 16.3. The highest BCUT2D eigenvalue weighted by Crippen LogP contribution is 2.18. The summed E-state index contributed by atoms with van der Waals surface area (Å²) in [5, 5.41) is 9.14. The van der Waals surface area contributed by atoms with Crippen LogP contribution in [0.4, 0.5) is 0 Å². The lowest BCUT2D eigenvalue weighted by atomic mass is 10.1. The van der Waals surface area contributed by atoms with Crippen molar-refractivity contribution >= 4 is 5.91 Å². The number of nitrogens with zero attached hydrogens (tertiary/aromatic N) is 1. The quantitative estimate of drug-likeness (QED) is 0.736. The van der Waals surface area contributed by atoms with Gasteiger partial charge in [0.2, 0.25) is 0 Å². The van der Waals surface area contributed by atoms with Gasteiger partial charge in [0.25, 0.3) is 5.91 Å². The van der Waals surface area contributed by atoms with Gasteiger partial charge in [0.1, 0.15) is 5.75 Å². The van der Waals surface area contributed by atoms with E-state index in [1.807, 2.05) is 0 Å². The Morgan fingerprint density at radius 1 is 1.38 bits per heavy atom. The molecule has 1 aliphatic rings. The lowest BCUT2D eigenvalue weighted by molar-refractivity contribution is 0.0787. The fourth-order valence-electron chi connectivity index (χ4n) is 1.94. The molecule has 2 atom stereocenters. The summed E-state index contributed by atoms with van der Waals surface area (Å²) < 4.78 is 0. The van der Waals surface area contributed by atoms with Gasteiger partial charge in [-0.3, -0.25) is 4.79 Å². The van der Waals surface area contributed by atoms with Gasteiger partial charge in [0.15, 0.2) is 0 Å². The average Bonchev–Trinajstić information content (AvgIpc) is 2.59. The summed E-state index contributed by atoms with van der Waals surface area (Å²) in [5.74, 6) is 0.504. The molecule has 3 N–H and O–H groups in total. The van der Waals surface area contributed by atoms with Crippen molar-refractivity contribution in [3.05, 3.63) is 29.8 Å². The van der Waals surface area contributed by atoms with E-state index in [0.29, 0.717) is 24.6 Å². The number of carbonyl (C=O) groups is 1. The smallest absolute Gasteiger partial charge is 0.253 e. The molecule has 0 aliphatic carbocycles. The zero-order valence-electron chi connectivity index (χ0n) is 9.26. The van der Waals surface area contributed by atoms with Gasteiger partial charge in [-0.05, 0) is 30.2 Å². The number of phenolic OH excluding ortho intramolecular Hbond substituents is 1. The predicted molar refractivity (Wildman–Crippen MR) is 61.1 cm³/mol. The fraction of sp³-hybridized carbons (Fsp3) is 0.417. The molecule has 0 bridgehead atoms. The van der Waals surface area contributed by atoms with Crippen LogP contribution < -0.4 is 5.73 Å². The van der Waals surface area contributed by atoms with Crippen LogP contribution in [0.25, 0.3) is 0 Å². The Bertz CT molecular complexity index is 379. The summed E-state index contributed by atoms with van der Waals surface area (Å²) in [6.07, 6.45) is 0. The molecule has 2 rings (SSSR count). The van der Waals surface area contributed by atoms with Crippen LogP contribution in [-0.4, -0.2) is 35.0 Å². The van der Waals surface area contributed by atoms with Crippen molar-refractivity contribution in [3.8, 4) is 5.75 Å². The summed E-state index contributed by atoms with van der Waals surface area (Å²) in [5.41, 5.74) is 6.47. The second kappa shape index (κ2) is 4.14. The number of amides is 1. The van der Waals surface area contributed by atoms with Crippen molar-refractivity contribution in [1.82, 2.24) is 4.90 Å². The minimum Gasteiger partial charge on any atom is -0.508 e. The third-order valence-corrected chi connectivity index (χ3v) is 3.07. The zero-order valence-corrected chi connectivity index (χ0v) is 9.26. The maximum Gasteiger partial charge on any atom is 0.253 e. The van der Waals surface area contributed by atoms with Gasteiger partial charge in [-0.15, -0.1) is 0 Å². The summed E-state index contributed by atoms with van der Waals surface area (Å²) >= 11 is 0.